The second-order valence-electron chi connectivity index (χ2n) is 4.89. The van der Waals surface area contributed by atoms with Crippen molar-refractivity contribution in [2.45, 2.75) is 39.0 Å². The molecule has 0 spiro atoms. The first kappa shape index (κ1) is 13.7. The molecule has 1 aromatic rings. The summed E-state index contributed by atoms with van der Waals surface area (Å²) in [6, 6.07) is 9.72. The van der Waals surface area contributed by atoms with Crippen LogP contribution in [0.2, 0.25) is 0 Å². The summed E-state index contributed by atoms with van der Waals surface area (Å²) in [5.74, 6) is 0. The molecule has 1 aromatic carbocycles. The Labute approximate surface area is 115 Å². The van der Waals surface area contributed by atoms with Crippen molar-refractivity contribution >= 4 is 11.7 Å². The van der Waals surface area contributed by atoms with Crippen molar-refractivity contribution in [2.24, 2.45) is 0 Å². The molecule has 0 atom stereocenters. The van der Waals surface area contributed by atoms with Gasteiger partial charge in [-0.1, -0.05) is 30.2 Å². The summed E-state index contributed by atoms with van der Waals surface area (Å²) >= 11 is 0. The molecule has 3 nitrogen and oxygen atoms in total. The Morgan fingerprint density at radius 2 is 1.89 bits per heavy atom. The Balaban J connectivity index is 1.97. The molecule has 0 heterocycles. The zero-order valence-corrected chi connectivity index (χ0v) is 11.6. The second kappa shape index (κ2) is 6.98. The van der Waals surface area contributed by atoms with E-state index in [4.69, 9.17) is 0 Å². The Hall–Kier alpha value is -1.77. The van der Waals surface area contributed by atoms with Crippen LogP contribution in [-0.2, 0) is 0 Å². The average Bonchev–Trinajstić information content (AvgIpc) is 2.48. The highest BCUT2D eigenvalue weighted by Gasteiger charge is 2.12. The van der Waals surface area contributed by atoms with Crippen LogP contribution in [0.4, 0.5) is 10.5 Å². The van der Waals surface area contributed by atoms with Gasteiger partial charge in [0.25, 0.3) is 0 Å². The van der Waals surface area contributed by atoms with Gasteiger partial charge in [0.2, 0.25) is 0 Å². The van der Waals surface area contributed by atoms with E-state index in [9.17, 15) is 4.79 Å². The molecule has 1 fully saturated rings. The maximum atomic E-state index is 12.2. The third-order valence-corrected chi connectivity index (χ3v) is 3.52. The Kier molecular flexibility index (Phi) is 5.01. The molecule has 1 aliphatic rings. The number of rotatable bonds is 3. The summed E-state index contributed by atoms with van der Waals surface area (Å²) in [6.07, 6.45) is 7.97. The van der Waals surface area contributed by atoms with E-state index in [1.807, 2.05) is 43.5 Å². The fraction of sp³-hybridized carbons (Fsp3) is 0.438. The van der Waals surface area contributed by atoms with Gasteiger partial charge in [0.05, 0.1) is 0 Å². The van der Waals surface area contributed by atoms with Gasteiger partial charge in [-0.2, -0.15) is 0 Å². The van der Waals surface area contributed by atoms with Crippen LogP contribution in [0.3, 0.4) is 0 Å². The van der Waals surface area contributed by atoms with Crippen molar-refractivity contribution in [3.63, 3.8) is 0 Å². The molecule has 0 aliphatic heterocycles. The Morgan fingerprint density at radius 1 is 1.21 bits per heavy atom. The quantitative estimate of drug-likeness (QED) is 0.870. The van der Waals surface area contributed by atoms with E-state index in [0.29, 0.717) is 6.54 Å². The third-order valence-electron chi connectivity index (χ3n) is 3.52. The van der Waals surface area contributed by atoms with Gasteiger partial charge in [0.1, 0.15) is 0 Å². The molecular formula is C16H22N2O. The van der Waals surface area contributed by atoms with Gasteiger partial charge in [-0.25, -0.2) is 4.79 Å². The molecule has 0 unspecified atom stereocenters. The predicted molar refractivity (Wildman–Crippen MR) is 79.2 cm³/mol. The van der Waals surface area contributed by atoms with Crippen LogP contribution < -0.4 is 10.2 Å². The number of para-hydroxylation sites is 1. The summed E-state index contributed by atoms with van der Waals surface area (Å²) in [6.45, 7) is 2.65. The summed E-state index contributed by atoms with van der Waals surface area (Å²) in [5, 5.41) is 2.93. The van der Waals surface area contributed by atoms with E-state index >= 15 is 0 Å². The maximum Gasteiger partial charge on any atom is 0.325 e. The predicted octanol–water partition coefficient (Wildman–Crippen LogP) is 4.07. The number of carbonyl (C=O) groups is 1. The van der Waals surface area contributed by atoms with Crippen LogP contribution in [0.1, 0.15) is 39.0 Å². The summed E-state index contributed by atoms with van der Waals surface area (Å²) in [4.78, 5) is 13.9. The van der Waals surface area contributed by atoms with Gasteiger partial charge in [0.15, 0.2) is 0 Å². The third kappa shape index (κ3) is 3.85. The molecule has 0 aromatic heterocycles. The van der Waals surface area contributed by atoms with E-state index in [2.05, 4.69) is 5.32 Å². The highest BCUT2D eigenvalue weighted by Crippen LogP contribution is 2.22. The van der Waals surface area contributed by atoms with Gasteiger partial charge >= 0.3 is 6.03 Å². The lowest BCUT2D eigenvalue weighted by Gasteiger charge is -2.21. The van der Waals surface area contributed by atoms with Crippen molar-refractivity contribution in [3.05, 3.63) is 42.1 Å². The maximum absolute atomic E-state index is 12.2. The van der Waals surface area contributed by atoms with Crippen LogP contribution >= 0.6 is 0 Å². The Bertz CT molecular complexity index is 431. The van der Waals surface area contributed by atoms with Gasteiger partial charge in [-0.05, 0) is 44.7 Å². The second-order valence-corrected chi connectivity index (χ2v) is 4.89. The average molecular weight is 258 g/mol. The fourth-order valence-electron chi connectivity index (χ4n) is 2.44. The minimum absolute atomic E-state index is 0.0493. The number of nitrogens with one attached hydrogen (secondary N) is 1. The summed E-state index contributed by atoms with van der Waals surface area (Å²) in [5.41, 5.74) is 2.30. The molecule has 1 N–H and O–H groups in total. The number of nitrogens with zero attached hydrogens (tertiary/aromatic N) is 1. The lowest BCUT2D eigenvalue weighted by atomic mass is 9.96. The molecular weight excluding hydrogens is 236 g/mol. The molecule has 1 saturated carbocycles. The molecule has 0 saturated heterocycles. The van der Waals surface area contributed by atoms with Gasteiger partial charge < -0.3 is 5.32 Å². The van der Waals surface area contributed by atoms with Crippen LogP contribution in [0.25, 0.3) is 0 Å². The van der Waals surface area contributed by atoms with E-state index in [0.717, 1.165) is 18.5 Å². The van der Waals surface area contributed by atoms with Crippen molar-refractivity contribution in [2.75, 3.05) is 11.4 Å². The van der Waals surface area contributed by atoms with Crippen molar-refractivity contribution in [1.82, 2.24) is 5.32 Å². The molecule has 2 rings (SSSR count). The van der Waals surface area contributed by atoms with E-state index in [-0.39, 0.29) is 6.03 Å². The van der Waals surface area contributed by atoms with E-state index in [1.165, 1.54) is 24.8 Å². The van der Waals surface area contributed by atoms with Crippen molar-refractivity contribution < 1.29 is 4.79 Å². The SMILES string of the molecule is CCN(C(=O)NC=C1CCCCC1)c1ccccc1. The van der Waals surface area contributed by atoms with Crippen molar-refractivity contribution in [3.8, 4) is 0 Å². The monoisotopic (exact) mass is 258 g/mol. The molecule has 2 amide bonds. The summed E-state index contributed by atoms with van der Waals surface area (Å²) in [7, 11) is 0. The number of urea groups is 1. The lowest BCUT2D eigenvalue weighted by molar-refractivity contribution is 0.249. The number of benzene rings is 1. The highest BCUT2D eigenvalue weighted by atomic mass is 16.2. The first-order chi connectivity index (χ1) is 9.31. The van der Waals surface area contributed by atoms with Crippen LogP contribution in [0.5, 0.6) is 0 Å². The molecule has 19 heavy (non-hydrogen) atoms. The van der Waals surface area contributed by atoms with Gasteiger partial charge in [-0.3, -0.25) is 4.90 Å². The van der Waals surface area contributed by atoms with Gasteiger partial charge in [-0.15, -0.1) is 0 Å². The number of hydrogen-bond acceptors (Lipinski definition) is 1. The fourth-order valence-corrected chi connectivity index (χ4v) is 2.44. The summed E-state index contributed by atoms with van der Waals surface area (Å²) < 4.78 is 0. The zero-order chi connectivity index (χ0) is 13.5. The number of carbonyl (C=O) groups excluding carboxylic acids is 1. The van der Waals surface area contributed by atoms with Crippen LogP contribution in [-0.4, -0.2) is 12.6 Å². The Morgan fingerprint density at radius 3 is 2.53 bits per heavy atom. The number of amides is 2. The first-order valence-corrected chi connectivity index (χ1v) is 7.12. The zero-order valence-electron chi connectivity index (χ0n) is 11.6. The minimum atomic E-state index is -0.0493. The standard InChI is InChI=1S/C16H22N2O/c1-2-18(15-11-7-4-8-12-15)16(19)17-13-14-9-5-3-6-10-14/h4,7-8,11-13H,2-3,5-6,9-10H2,1H3,(H,17,19). The number of hydrogen-bond donors (Lipinski definition) is 1. The lowest BCUT2D eigenvalue weighted by Crippen LogP contribution is -2.37. The first-order valence-electron chi connectivity index (χ1n) is 7.12. The largest absolute Gasteiger partial charge is 0.325 e. The van der Waals surface area contributed by atoms with E-state index < -0.39 is 0 Å². The molecule has 0 bridgehead atoms. The normalized spacial score (nSPS) is 14.9. The topological polar surface area (TPSA) is 32.3 Å². The molecule has 3 heteroatoms. The smallest absolute Gasteiger partial charge is 0.314 e. The number of anilines is 1. The molecule has 0 radical (unpaired) electrons. The number of allylic oxidation sites excluding steroid dienone is 1. The van der Waals surface area contributed by atoms with Gasteiger partial charge in [0, 0.05) is 18.4 Å². The van der Waals surface area contributed by atoms with Crippen LogP contribution in [0.15, 0.2) is 42.1 Å². The van der Waals surface area contributed by atoms with Crippen molar-refractivity contribution in [1.29, 1.82) is 0 Å². The van der Waals surface area contributed by atoms with Crippen LogP contribution in [0, 0.1) is 0 Å². The van der Waals surface area contributed by atoms with E-state index in [1.54, 1.807) is 4.90 Å². The molecule has 102 valence electrons. The molecule has 1 aliphatic carbocycles. The minimum Gasteiger partial charge on any atom is -0.314 e. The highest BCUT2D eigenvalue weighted by molar-refractivity contribution is 5.92.